The lowest BCUT2D eigenvalue weighted by molar-refractivity contribution is 0.658. The van der Waals surface area contributed by atoms with E-state index >= 15 is 0 Å². The highest BCUT2D eigenvalue weighted by atomic mass is 35.5. The van der Waals surface area contributed by atoms with Gasteiger partial charge in [-0.25, -0.2) is 0 Å². The van der Waals surface area contributed by atoms with Crippen molar-refractivity contribution in [3.8, 4) is 0 Å². The summed E-state index contributed by atoms with van der Waals surface area (Å²) >= 11 is 11.9. The van der Waals surface area contributed by atoms with E-state index in [-0.39, 0.29) is 6.04 Å². The van der Waals surface area contributed by atoms with Gasteiger partial charge in [0.15, 0.2) is 0 Å². The topological polar surface area (TPSA) is 26.0 Å². The molecule has 1 atom stereocenters. The van der Waals surface area contributed by atoms with Crippen LogP contribution in [0.3, 0.4) is 0 Å². The summed E-state index contributed by atoms with van der Waals surface area (Å²) in [5, 5.41) is 1.21. The van der Waals surface area contributed by atoms with Crippen molar-refractivity contribution in [3.05, 3.63) is 39.9 Å². The minimum Gasteiger partial charge on any atom is -0.324 e. The largest absolute Gasteiger partial charge is 0.324 e. The highest BCUT2D eigenvalue weighted by molar-refractivity contribution is 6.42. The van der Waals surface area contributed by atoms with Crippen molar-refractivity contribution in [3.63, 3.8) is 0 Å². The fraction of sp³-hybridized carbons (Fsp3) is 0.385. The van der Waals surface area contributed by atoms with Crippen molar-refractivity contribution >= 4 is 28.8 Å². The van der Waals surface area contributed by atoms with E-state index in [1.165, 1.54) is 18.4 Å². The van der Waals surface area contributed by atoms with Crippen LogP contribution in [0.4, 0.5) is 0 Å². The van der Waals surface area contributed by atoms with Crippen molar-refractivity contribution in [1.82, 2.24) is 0 Å². The van der Waals surface area contributed by atoms with Crippen LogP contribution in [0.1, 0.15) is 31.2 Å². The minimum atomic E-state index is 0.173. The van der Waals surface area contributed by atoms with Gasteiger partial charge in [0.1, 0.15) is 0 Å². The molecule has 2 N–H and O–H groups in total. The molecule has 16 heavy (non-hydrogen) atoms. The smallest absolute Gasteiger partial charge is 0.0598 e. The van der Waals surface area contributed by atoms with Crippen molar-refractivity contribution in [1.29, 1.82) is 0 Å². The van der Waals surface area contributed by atoms with E-state index in [1.807, 2.05) is 18.2 Å². The SMILES string of the molecule is NC1C=C(c2ccc(Cl)c(Cl)c2)CCCC1. The molecule has 0 saturated heterocycles. The van der Waals surface area contributed by atoms with Gasteiger partial charge in [-0.15, -0.1) is 0 Å². The molecule has 0 fully saturated rings. The predicted molar refractivity (Wildman–Crippen MR) is 70.9 cm³/mol. The van der Waals surface area contributed by atoms with Gasteiger partial charge in [-0.2, -0.15) is 0 Å². The van der Waals surface area contributed by atoms with E-state index in [2.05, 4.69) is 6.08 Å². The summed E-state index contributed by atoms with van der Waals surface area (Å²) in [4.78, 5) is 0. The second kappa shape index (κ2) is 5.22. The Morgan fingerprint density at radius 2 is 1.94 bits per heavy atom. The van der Waals surface area contributed by atoms with E-state index in [4.69, 9.17) is 28.9 Å². The van der Waals surface area contributed by atoms with Crippen molar-refractivity contribution in [2.75, 3.05) is 0 Å². The van der Waals surface area contributed by atoms with E-state index in [1.54, 1.807) is 0 Å². The van der Waals surface area contributed by atoms with Crippen LogP contribution in [0.25, 0.3) is 5.57 Å². The summed E-state index contributed by atoms with van der Waals surface area (Å²) in [5.74, 6) is 0. The van der Waals surface area contributed by atoms with Gasteiger partial charge in [0.05, 0.1) is 10.0 Å². The molecule has 86 valence electrons. The molecule has 0 bridgehead atoms. The van der Waals surface area contributed by atoms with Gasteiger partial charge >= 0.3 is 0 Å². The predicted octanol–water partition coefficient (Wildman–Crippen LogP) is 4.28. The normalized spacial score (nSPS) is 21.4. The highest BCUT2D eigenvalue weighted by Gasteiger charge is 2.11. The molecule has 0 saturated carbocycles. The number of benzene rings is 1. The Hall–Kier alpha value is -0.500. The Labute approximate surface area is 106 Å². The molecule has 0 heterocycles. The molecule has 0 aliphatic heterocycles. The van der Waals surface area contributed by atoms with Gasteiger partial charge < -0.3 is 5.73 Å². The Morgan fingerprint density at radius 1 is 1.12 bits per heavy atom. The third kappa shape index (κ3) is 2.79. The molecule has 0 radical (unpaired) electrons. The number of halogens is 2. The first-order valence-corrected chi connectivity index (χ1v) is 6.34. The molecule has 0 aromatic heterocycles. The summed E-state index contributed by atoms with van der Waals surface area (Å²) in [6.07, 6.45) is 6.70. The lowest BCUT2D eigenvalue weighted by Gasteiger charge is -2.08. The van der Waals surface area contributed by atoms with E-state index in [9.17, 15) is 0 Å². The molecule has 1 aliphatic carbocycles. The maximum atomic E-state index is 6.02. The first-order valence-electron chi connectivity index (χ1n) is 5.58. The molecule has 0 spiro atoms. The highest BCUT2D eigenvalue weighted by Crippen LogP contribution is 2.30. The maximum Gasteiger partial charge on any atom is 0.0598 e. The quantitative estimate of drug-likeness (QED) is 0.797. The monoisotopic (exact) mass is 255 g/mol. The Kier molecular flexibility index (Phi) is 3.91. The Morgan fingerprint density at radius 3 is 2.69 bits per heavy atom. The van der Waals surface area contributed by atoms with Crippen LogP contribution in [0.5, 0.6) is 0 Å². The van der Waals surface area contributed by atoms with Gasteiger partial charge in [0, 0.05) is 6.04 Å². The van der Waals surface area contributed by atoms with Crippen LogP contribution in [0, 0.1) is 0 Å². The summed E-state index contributed by atoms with van der Waals surface area (Å²) < 4.78 is 0. The van der Waals surface area contributed by atoms with Crippen LogP contribution in [-0.2, 0) is 0 Å². The number of rotatable bonds is 1. The molecule has 1 unspecified atom stereocenters. The third-order valence-electron chi connectivity index (χ3n) is 2.94. The summed E-state index contributed by atoms with van der Waals surface area (Å²) in [6, 6.07) is 5.95. The van der Waals surface area contributed by atoms with Crippen LogP contribution in [0.2, 0.25) is 10.0 Å². The van der Waals surface area contributed by atoms with Crippen LogP contribution in [0.15, 0.2) is 24.3 Å². The van der Waals surface area contributed by atoms with Crippen LogP contribution < -0.4 is 5.73 Å². The molecule has 1 nitrogen and oxygen atoms in total. The number of allylic oxidation sites excluding steroid dienone is 1. The third-order valence-corrected chi connectivity index (χ3v) is 3.68. The Bertz CT molecular complexity index is 412. The summed E-state index contributed by atoms with van der Waals surface area (Å²) in [5.41, 5.74) is 8.44. The summed E-state index contributed by atoms with van der Waals surface area (Å²) in [7, 11) is 0. The zero-order chi connectivity index (χ0) is 11.5. The average molecular weight is 256 g/mol. The van der Waals surface area contributed by atoms with Gasteiger partial charge in [0.2, 0.25) is 0 Å². The van der Waals surface area contributed by atoms with Crippen molar-refractivity contribution in [2.45, 2.75) is 31.7 Å². The van der Waals surface area contributed by atoms with Gasteiger partial charge in [-0.05, 0) is 42.5 Å². The number of nitrogens with two attached hydrogens (primary N) is 1. The Balaban J connectivity index is 2.31. The lowest BCUT2D eigenvalue weighted by atomic mass is 10.0. The first-order chi connectivity index (χ1) is 7.66. The molecule has 1 aliphatic rings. The minimum absolute atomic E-state index is 0.173. The average Bonchev–Trinajstić information content (AvgIpc) is 2.47. The van der Waals surface area contributed by atoms with Gasteiger partial charge in [-0.1, -0.05) is 41.8 Å². The fourth-order valence-electron chi connectivity index (χ4n) is 2.06. The molecule has 1 aromatic rings. The standard InChI is InChI=1S/C13H15Cl2N/c14-12-6-5-10(8-13(12)15)9-3-1-2-4-11(16)7-9/h5-8,11H,1-4,16H2. The maximum absolute atomic E-state index is 6.02. The fourth-order valence-corrected chi connectivity index (χ4v) is 2.36. The van der Waals surface area contributed by atoms with E-state index in [0.717, 1.165) is 18.4 Å². The second-order valence-corrected chi connectivity index (χ2v) is 5.04. The lowest BCUT2D eigenvalue weighted by Crippen LogP contribution is -2.15. The molecule has 1 aromatic carbocycles. The summed E-state index contributed by atoms with van der Waals surface area (Å²) in [6.45, 7) is 0. The van der Waals surface area contributed by atoms with E-state index < -0.39 is 0 Å². The van der Waals surface area contributed by atoms with Crippen molar-refractivity contribution < 1.29 is 0 Å². The van der Waals surface area contributed by atoms with E-state index in [0.29, 0.717) is 10.0 Å². The number of hydrogen-bond donors (Lipinski definition) is 1. The molecular weight excluding hydrogens is 241 g/mol. The van der Waals surface area contributed by atoms with Gasteiger partial charge in [-0.3, -0.25) is 0 Å². The molecule has 3 heteroatoms. The second-order valence-electron chi connectivity index (χ2n) is 4.23. The van der Waals surface area contributed by atoms with Crippen LogP contribution in [-0.4, -0.2) is 6.04 Å². The van der Waals surface area contributed by atoms with Gasteiger partial charge in [0.25, 0.3) is 0 Å². The van der Waals surface area contributed by atoms with Crippen molar-refractivity contribution in [2.24, 2.45) is 5.73 Å². The molecule has 2 rings (SSSR count). The van der Waals surface area contributed by atoms with Crippen LogP contribution >= 0.6 is 23.2 Å². The zero-order valence-corrected chi connectivity index (χ0v) is 10.6. The molecule has 0 amide bonds. The first kappa shape index (κ1) is 12.0. The number of hydrogen-bond acceptors (Lipinski definition) is 1. The zero-order valence-electron chi connectivity index (χ0n) is 9.05. The molecular formula is C13H15Cl2N.